The molecule has 1 heterocycles. The fourth-order valence-electron chi connectivity index (χ4n) is 1.76. The fourth-order valence-corrected chi connectivity index (χ4v) is 2.55. The van der Waals surface area contributed by atoms with Gasteiger partial charge in [0.1, 0.15) is 10.0 Å². The summed E-state index contributed by atoms with van der Waals surface area (Å²) in [5.74, 6) is -0.142. The van der Waals surface area contributed by atoms with Crippen molar-refractivity contribution < 1.29 is 9.13 Å². The van der Waals surface area contributed by atoms with Crippen molar-refractivity contribution in [2.45, 2.75) is 25.4 Å². The molecule has 2 aromatic rings. The van der Waals surface area contributed by atoms with E-state index in [0.717, 1.165) is 22.1 Å². The largest absolute Gasteiger partial charge is 0.494 e. The average Bonchev–Trinajstić information content (AvgIpc) is 3.13. The third-order valence-corrected chi connectivity index (χ3v) is 3.96. The van der Waals surface area contributed by atoms with Crippen molar-refractivity contribution in [2.75, 3.05) is 7.11 Å². The Bertz CT molecular complexity index is 583. The maximum absolute atomic E-state index is 13.6. The van der Waals surface area contributed by atoms with Gasteiger partial charge in [-0.05, 0) is 31.0 Å². The lowest BCUT2D eigenvalue weighted by molar-refractivity contribution is 0.386. The van der Waals surface area contributed by atoms with Gasteiger partial charge in [0.05, 0.1) is 7.11 Å². The summed E-state index contributed by atoms with van der Waals surface area (Å²) in [5, 5.41) is 13.3. The summed E-state index contributed by atoms with van der Waals surface area (Å²) in [6.45, 7) is 0.737. The Morgan fingerprint density at radius 1 is 1.42 bits per heavy atom. The Kier molecular flexibility index (Phi) is 3.44. The van der Waals surface area contributed by atoms with Gasteiger partial charge in [0.25, 0.3) is 0 Å². The first-order valence-corrected chi connectivity index (χ1v) is 6.97. The summed E-state index contributed by atoms with van der Waals surface area (Å²) < 4.78 is 18.5. The minimum atomic E-state index is -0.382. The highest BCUT2D eigenvalue weighted by Crippen LogP contribution is 2.28. The number of hydrogen-bond donors (Lipinski definition) is 1. The summed E-state index contributed by atoms with van der Waals surface area (Å²) in [5.41, 5.74) is 0.730. The number of ether oxygens (including phenoxy) is 1. The maximum Gasteiger partial charge on any atom is 0.165 e. The molecule has 1 aliphatic rings. The first-order valence-electron chi connectivity index (χ1n) is 6.16. The molecule has 1 aromatic heterocycles. The topological polar surface area (TPSA) is 47.0 Å². The molecular weight excluding hydrogens is 265 g/mol. The smallest absolute Gasteiger partial charge is 0.165 e. The number of methoxy groups -OCH3 is 1. The summed E-state index contributed by atoms with van der Waals surface area (Å²) in [6.07, 6.45) is 2.49. The van der Waals surface area contributed by atoms with Crippen LogP contribution in [-0.4, -0.2) is 23.3 Å². The standard InChI is InChI=1S/C13H14FN3OS/c1-18-11-5-2-8(6-10(11)14)13-17-16-12(19-13)7-15-9-3-4-9/h2,5-6,9,15H,3-4,7H2,1H3. The van der Waals surface area contributed by atoms with Crippen LogP contribution in [0.4, 0.5) is 4.39 Å². The van der Waals surface area contributed by atoms with E-state index in [2.05, 4.69) is 15.5 Å². The highest BCUT2D eigenvalue weighted by Gasteiger charge is 2.20. The zero-order valence-electron chi connectivity index (χ0n) is 10.5. The Balaban J connectivity index is 1.75. The lowest BCUT2D eigenvalue weighted by Crippen LogP contribution is -2.14. The molecule has 1 saturated carbocycles. The lowest BCUT2D eigenvalue weighted by atomic mass is 10.2. The van der Waals surface area contributed by atoms with E-state index < -0.39 is 0 Å². The van der Waals surface area contributed by atoms with E-state index in [1.807, 2.05) is 0 Å². The number of benzene rings is 1. The minimum Gasteiger partial charge on any atom is -0.494 e. The molecule has 0 aliphatic heterocycles. The Morgan fingerprint density at radius 3 is 2.95 bits per heavy atom. The first-order chi connectivity index (χ1) is 9.26. The van der Waals surface area contributed by atoms with E-state index in [1.165, 1.54) is 37.4 Å². The number of nitrogens with one attached hydrogen (secondary N) is 1. The molecule has 3 rings (SSSR count). The van der Waals surface area contributed by atoms with Gasteiger partial charge in [-0.3, -0.25) is 0 Å². The van der Waals surface area contributed by atoms with E-state index in [4.69, 9.17) is 4.74 Å². The van der Waals surface area contributed by atoms with E-state index in [9.17, 15) is 4.39 Å². The SMILES string of the molecule is COc1ccc(-c2nnc(CNC3CC3)s2)cc1F. The van der Waals surface area contributed by atoms with E-state index in [-0.39, 0.29) is 11.6 Å². The van der Waals surface area contributed by atoms with Crippen molar-refractivity contribution in [3.8, 4) is 16.3 Å². The molecule has 0 radical (unpaired) electrons. The van der Waals surface area contributed by atoms with Crippen LogP contribution in [0.2, 0.25) is 0 Å². The highest BCUT2D eigenvalue weighted by atomic mass is 32.1. The van der Waals surface area contributed by atoms with E-state index in [1.54, 1.807) is 12.1 Å². The van der Waals surface area contributed by atoms with Crippen LogP contribution >= 0.6 is 11.3 Å². The van der Waals surface area contributed by atoms with Gasteiger partial charge in [-0.1, -0.05) is 11.3 Å². The molecule has 6 heteroatoms. The van der Waals surface area contributed by atoms with Crippen molar-refractivity contribution >= 4 is 11.3 Å². The van der Waals surface area contributed by atoms with Crippen molar-refractivity contribution in [1.82, 2.24) is 15.5 Å². The minimum absolute atomic E-state index is 0.240. The van der Waals surface area contributed by atoms with Gasteiger partial charge in [0.15, 0.2) is 11.6 Å². The summed E-state index contributed by atoms with van der Waals surface area (Å²) in [7, 11) is 1.45. The van der Waals surface area contributed by atoms with Crippen LogP contribution in [0.5, 0.6) is 5.75 Å². The third kappa shape index (κ3) is 2.90. The first kappa shape index (κ1) is 12.5. The quantitative estimate of drug-likeness (QED) is 0.914. The second-order valence-corrected chi connectivity index (χ2v) is 5.57. The predicted octanol–water partition coefficient (Wildman–Crippen LogP) is 2.60. The zero-order chi connectivity index (χ0) is 13.2. The summed E-state index contributed by atoms with van der Waals surface area (Å²) >= 11 is 1.49. The lowest BCUT2D eigenvalue weighted by Gasteiger charge is -2.02. The predicted molar refractivity (Wildman–Crippen MR) is 71.7 cm³/mol. The number of aromatic nitrogens is 2. The van der Waals surface area contributed by atoms with Gasteiger partial charge < -0.3 is 10.1 Å². The molecule has 0 atom stereocenters. The fraction of sp³-hybridized carbons (Fsp3) is 0.385. The molecule has 0 bridgehead atoms. The molecule has 1 fully saturated rings. The second kappa shape index (κ2) is 5.22. The molecule has 1 aliphatic carbocycles. The van der Waals surface area contributed by atoms with Crippen molar-refractivity contribution in [2.24, 2.45) is 0 Å². The van der Waals surface area contributed by atoms with Gasteiger partial charge >= 0.3 is 0 Å². The van der Waals surface area contributed by atoms with Gasteiger partial charge in [0.2, 0.25) is 0 Å². The van der Waals surface area contributed by atoms with Crippen LogP contribution < -0.4 is 10.1 Å². The molecule has 0 saturated heterocycles. The zero-order valence-corrected chi connectivity index (χ0v) is 11.3. The van der Waals surface area contributed by atoms with Crippen LogP contribution in [0.3, 0.4) is 0 Å². The molecule has 100 valence electrons. The molecule has 0 spiro atoms. The van der Waals surface area contributed by atoms with Crippen LogP contribution in [0.1, 0.15) is 17.8 Å². The summed E-state index contributed by atoms with van der Waals surface area (Å²) in [4.78, 5) is 0. The molecular formula is C13H14FN3OS. The monoisotopic (exact) mass is 279 g/mol. The molecule has 0 amide bonds. The molecule has 1 N–H and O–H groups in total. The van der Waals surface area contributed by atoms with Crippen LogP contribution in [0.15, 0.2) is 18.2 Å². The third-order valence-electron chi connectivity index (χ3n) is 2.98. The summed E-state index contributed by atoms with van der Waals surface area (Å²) in [6, 6.07) is 5.47. The Hall–Kier alpha value is -1.53. The highest BCUT2D eigenvalue weighted by molar-refractivity contribution is 7.14. The average molecular weight is 279 g/mol. The number of rotatable bonds is 5. The molecule has 19 heavy (non-hydrogen) atoms. The van der Waals surface area contributed by atoms with Crippen LogP contribution in [-0.2, 0) is 6.54 Å². The number of nitrogens with zero attached hydrogens (tertiary/aromatic N) is 2. The van der Waals surface area contributed by atoms with E-state index in [0.29, 0.717) is 6.04 Å². The number of hydrogen-bond acceptors (Lipinski definition) is 5. The Morgan fingerprint density at radius 2 is 2.26 bits per heavy atom. The van der Waals surface area contributed by atoms with Crippen LogP contribution in [0, 0.1) is 5.82 Å². The number of halogens is 1. The molecule has 1 aromatic carbocycles. The Labute approximate surface area is 114 Å². The van der Waals surface area contributed by atoms with Crippen LogP contribution in [0.25, 0.3) is 10.6 Å². The maximum atomic E-state index is 13.6. The normalized spacial score (nSPS) is 14.6. The van der Waals surface area contributed by atoms with E-state index >= 15 is 0 Å². The van der Waals surface area contributed by atoms with Gasteiger partial charge in [-0.25, -0.2) is 4.39 Å². The second-order valence-electron chi connectivity index (χ2n) is 4.51. The van der Waals surface area contributed by atoms with Gasteiger partial charge in [-0.15, -0.1) is 10.2 Å². The van der Waals surface area contributed by atoms with Crippen molar-refractivity contribution in [1.29, 1.82) is 0 Å². The van der Waals surface area contributed by atoms with Crippen molar-refractivity contribution in [3.63, 3.8) is 0 Å². The van der Waals surface area contributed by atoms with Gasteiger partial charge in [-0.2, -0.15) is 0 Å². The molecule has 0 unspecified atom stereocenters. The van der Waals surface area contributed by atoms with Crippen molar-refractivity contribution in [3.05, 3.63) is 29.0 Å². The van der Waals surface area contributed by atoms with Gasteiger partial charge in [0, 0.05) is 18.2 Å². The molecule has 4 nitrogen and oxygen atoms in total.